The van der Waals surface area contributed by atoms with Crippen LogP contribution >= 0.6 is 0 Å². The first-order chi connectivity index (χ1) is 6.81. The standard InChI is InChI=1S/C11H15NO2/c1-13-7-8-6-10(12)9-4-2-3-5-11(9)14-8/h2-5,8,10H,6-7,12H2,1H3. The molecule has 0 spiro atoms. The van der Waals surface area contributed by atoms with Crippen molar-refractivity contribution >= 4 is 0 Å². The van der Waals surface area contributed by atoms with E-state index in [1.807, 2.05) is 24.3 Å². The minimum absolute atomic E-state index is 0.0695. The first kappa shape index (κ1) is 9.49. The molecular weight excluding hydrogens is 178 g/mol. The Hall–Kier alpha value is -1.06. The molecule has 1 aliphatic rings. The molecule has 0 aliphatic carbocycles. The normalized spacial score (nSPS) is 25.3. The highest BCUT2D eigenvalue weighted by Crippen LogP contribution is 2.32. The average molecular weight is 193 g/mol. The van der Waals surface area contributed by atoms with Crippen LogP contribution in [0.5, 0.6) is 5.75 Å². The molecule has 0 radical (unpaired) electrons. The molecule has 3 heteroatoms. The number of hydrogen-bond acceptors (Lipinski definition) is 3. The zero-order valence-corrected chi connectivity index (χ0v) is 8.27. The molecule has 2 atom stereocenters. The number of hydrogen-bond donors (Lipinski definition) is 1. The van der Waals surface area contributed by atoms with Gasteiger partial charge in [0.2, 0.25) is 0 Å². The van der Waals surface area contributed by atoms with Crippen molar-refractivity contribution in [1.82, 2.24) is 0 Å². The number of methoxy groups -OCH3 is 1. The quantitative estimate of drug-likeness (QED) is 0.773. The molecule has 1 heterocycles. The van der Waals surface area contributed by atoms with Gasteiger partial charge in [-0.05, 0) is 6.07 Å². The lowest BCUT2D eigenvalue weighted by Crippen LogP contribution is -2.32. The summed E-state index contributed by atoms with van der Waals surface area (Å²) < 4.78 is 10.8. The summed E-state index contributed by atoms with van der Waals surface area (Å²) in [5.74, 6) is 0.897. The zero-order chi connectivity index (χ0) is 9.97. The second-order valence-electron chi connectivity index (χ2n) is 3.58. The summed E-state index contributed by atoms with van der Waals surface area (Å²) in [6.45, 7) is 0.599. The molecule has 2 N–H and O–H groups in total. The van der Waals surface area contributed by atoms with Gasteiger partial charge in [0.15, 0.2) is 0 Å². The number of fused-ring (bicyclic) bond motifs is 1. The number of ether oxygens (including phenoxy) is 2. The summed E-state index contributed by atoms with van der Waals surface area (Å²) in [5.41, 5.74) is 7.13. The van der Waals surface area contributed by atoms with E-state index >= 15 is 0 Å². The molecule has 2 rings (SSSR count). The third-order valence-electron chi connectivity index (χ3n) is 2.48. The number of nitrogens with two attached hydrogens (primary N) is 1. The van der Waals surface area contributed by atoms with Crippen molar-refractivity contribution in [2.45, 2.75) is 18.6 Å². The predicted molar refractivity (Wildman–Crippen MR) is 54.3 cm³/mol. The fourth-order valence-corrected chi connectivity index (χ4v) is 1.82. The van der Waals surface area contributed by atoms with Gasteiger partial charge in [-0.1, -0.05) is 18.2 Å². The van der Waals surface area contributed by atoms with E-state index in [4.69, 9.17) is 15.2 Å². The molecule has 76 valence electrons. The molecule has 14 heavy (non-hydrogen) atoms. The zero-order valence-electron chi connectivity index (χ0n) is 8.27. The number of benzene rings is 1. The lowest BCUT2D eigenvalue weighted by atomic mass is 9.98. The van der Waals surface area contributed by atoms with Crippen molar-refractivity contribution in [2.24, 2.45) is 5.73 Å². The monoisotopic (exact) mass is 193 g/mol. The van der Waals surface area contributed by atoms with Crippen molar-refractivity contribution in [3.8, 4) is 5.75 Å². The Bertz CT molecular complexity index is 314. The minimum Gasteiger partial charge on any atom is -0.488 e. The second-order valence-corrected chi connectivity index (χ2v) is 3.58. The third-order valence-corrected chi connectivity index (χ3v) is 2.48. The van der Waals surface area contributed by atoms with Crippen LogP contribution in [0.1, 0.15) is 18.0 Å². The molecule has 1 aromatic carbocycles. The lowest BCUT2D eigenvalue weighted by molar-refractivity contribution is 0.0609. The third kappa shape index (κ3) is 1.74. The lowest BCUT2D eigenvalue weighted by Gasteiger charge is -2.29. The van der Waals surface area contributed by atoms with Gasteiger partial charge in [-0.3, -0.25) is 0 Å². The molecular formula is C11H15NO2. The first-order valence-corrected chi connectivity index (χ1v) is 4.81. The van der Waals surface area contributed by atoms with E-state index in [2.05, 4.69) is 0 Å². The molecule has 0 aromatic heterocycles. The Morgan fingerprint density at radius 2 is 2.29 bits per heavy atom. The molecule has 0 saturated carbocycles. The van der Waals surface area contributed by atoms with Crippen LogP contribution in [0.25, 0.3) is 0 Å². The number of para-hydroxylation sites is 1. The second kappa shape index (κ2) is 3.98. The fourth-order valence-electron chi connectivity index (χ4n) is 1.82. The Kier molecular flexibility index (Phi) is 2.70. The van der Waals surface area contributed by atoms with Crippen molar-refractivity contribution in [3.63, 3.8) is 0 Å². The largest absolute Gasteiger partial charge is 0.488 e. The van der Waals surface area contributed by atoms with Gasteiger partial charge in [0.25, 0.3) is 0 Å². The van der Waals surface area contributed by atoms with Crippen LogP contribution in [0, 0.1) is 0 Å². The summed E-state index contributed by atoms with van der Waals surface area (Å²) >= 11 is 0. The Morgan fingerprint density at radius 3 is 3.07 bits per heavy atom. The van der Waals surface area contributed by atoms with E-state index in [1.54, 1.807) is 7.11 Å². The summed E-state index contributed by atoms with van der Waals surface area (Å²) in [7, 11) is 1.68. The van der Waals surface area contributed by atoms with Crippen LogP contribution in [0.15, 0.2) is 24.3 Å². The number of rotatable bonds is 2. The highest BCUT2D eigenvalue weighted by molar-refractivity contribution is 5.37. The van der Waals surface area contributed by atoms with E-state index < -0.39 is 0 Å². The Balaban J connectivity index is 2.20. The van der Waals surface area contributed by atoms with E-state index in [-0.39, 0.29) is 12.1 Å². The van der Waals surface area contributed by atoms with Gasteiger partial charge in [0, 0.05) is 25.1 Å². The van der Waals surface area contributed by atoms with Crippen LogP contribution in [-0.4, -0.2) is 19.8 Å². The molecule has 0 saturated heterocycles. The molecule has 0 fully saturated rings. The minimum atomic E-state index is 0.0695. The van der Waals surface area contributed by atoms with Gasteiger partial charge in [-0.2, -0.15) is 0 Å². The van der Waals surface area contributed by atoms with Crippen LogP contribution in [0.3, 0.4) is 0 Å². The Labute approximate surface area is 83.8 Å². The van der Waals surface area contributed by atoms with Crippen LogP contribution in [0.2, 0.25) is 0 Å². The van der Waals surface area contributed by atoms with Gasteiger partial charge in [-0.15, -0.1) is 0 Å². The maximum atomic E-state index is 6.03. The van der Waals surface area contributed by atoms with Crippen molar-refractivity contribution < 1.29 is 9.47 Å². The van der Waals surface area contributed by atoms with Gasteiger partial charge in [0.05, 0.1) is 6.61 Å². The SMILES string of the molecule is COCC1CC(N)c2ccccc2O1. The Morgan fingerprint density at radius 1 is 1.50 bits per heavy atom. The predicted octanol–water partition coefficient (Wildman–Crippen LogP) is 1.48. The van der Waals surface area contributed by atoms with Crippen molar-refractivity contribution in [1.29, 1.82) is 0 Å². The molecule has 2 unspecified atom stereocenters. The van der Waals surface area contributed by atoms with Gasteiger partial charge in [0.1, 0.15) is 11.9 Å². The summed E-state index contributed by atoms with van der Waals surface area (Å²) in [6, 6.07) is 7.99. The van der Waals surface area contributed by atoms with Crippen molar-refractivity contribution in [3.05, 3.63) is 29.8 Å². The first-order valence-electron chi connectivity index (χ1n) is 4.81. The van der Waals surface area contributed by atoms with E-state index in [0.717, 1.165) is 17.7 Å². The highest BCUT2D eigenvalue weighted by atomic mass is 16.5. The van der Waals surface area contributed by atoms with Crippen LogP contribution in [0.4, 0.5) is 0 Å². The molecule has 0 amide bonds. The average Bonchev–Trinajstić information content (AvgIpc) is 2.18. The van der Waals surface area contributed by atoms with E-state index in [1.165, 1.54) is 0 Å². The summed E-state index contributed by atoms with van der Waals surface area (Å²) in [6.07, 6.45) is 0.912. The van der Waals surface area contributed by atoms with E-state index in [0.29, 0.717) is 6.61 Å². The molecule has 3 nitrogen and oxygen atoms in total. The maximum absolute atomic E-state index is 6.03. The topological polar surface area (TPSA) is 44.5 Å². The van der Waals surface area contributed by atoms with Crippen LogP contribution < -0.4 is 10.5 Å². The van der Waals surface area contributed by atoms with Crippen molar-refractivity contribution in [2.75, 3.05) is 13.7 Å². The highest BCUT2D eigenvalue weighted by Gasteiger charge is 2.24. The van der Waals surface area contributed by atoms with Gasteiger partial charge >= 0.3 is 0 Å². The summed E-state index contributed by atoms with van der Waals surface area (Å²) in [4.78, 5) is 0. The van der Waals surface area contributed by atoms with Gasteiger partial charge in [-0.25, -0.2) is 0 Å². The summed E-state index contributed by atoms with van der Waals surface area (Å²) in [5, 5.41) is 0. The fraction of sp³-hybridized carbons (Fsp3) is 0.455. The smallest absolute Gasteiger partial charge is 0.124 e. The molecule has 1 aliphatic heterocycles. The molecule has 0 bridgehead atoms. The van der Waals surface area contributed by atoms with E-state index in [9.17, 15) is 0 Å². The van der Waals surface area contributed by atoms with Crippen LogP contribution in [-0.2, 0) is 4.74 Å². The molecule has 1 aromatic rings. The maximum Gasteiger partial charge on any atom is 0.124 e. The van der Waals surface area contributed by atoms with Gasteiger partial charge < -0.3 is 15.2 Å².